The van der Waals surface area contributed by atoms with Crippen molar-refractivity contribution in [2.24, 2.45) is 0 Å². The van der Waals surface area contributed by atoms with Crippen molar-refractivity contribution in [1.29, 1.82) is 0 Å². The molecule has 0 unspecified atom stereocenters. The number of hydrogen-bond acceptors (Lipinski definition) is 3. The molecule has 27 heavy (non-hydrogen) atoms. The first-order chi connectivity index (χ1) is 12.7. The zero-order valence-electron chi connectivity index (χ0n) is 13.5. The van der Waals surface area contributed by atoms with Crippen molar-refractivity contribution in [1.82, 2.24) is 14.6 Å². The number of nitrogens with zero attached hydrogens (tertiary/aromatic N) is 2. The van der Waals surface area contributed by atoms with Gasteiger partial charge in [0.25, 0.3) is 5.56 Å². The van der Waals surface area contributed by atoms with E-state index in [1.165, 1.54) is 12.3 Å². The number of carbonyl (C=O) groups is 1. The lowest BCUT2D eigenvalue weighted by molar-refractivity contribution is -0.137. The van der Waals surface area contributed by atoms with Crippen LogP contribution in [0.2, 0.25) is 5.02 Å². The van der Waals surface area contributed by atoms with Crippen molar-refractivity contribution in [3.05, 3.63) is 56.6 Å². The number of benzene rings is 1. The second-order valence-electron chi connectivity index (χ2n) is 6.32. The van der Waals surface area contributed by atoms with E-state index in [0.717, 1.165) is 29.5 Å². The van der Waals surface area contributed by atoms with E-state index in [9.17, 15) is 27.9 Å². The Bertz CT molecular complexity index is 1150. The minimum atomic E-state index is -4.59. The maximum atomic E-state index is 12.8. The predicted octanol–water partition coefficient (Wildman–Crippen LogP) is 3.94. The fraction of sp³-hybridized carbons (Fsp3) is 0.235. The first-order valence-electron chi connectivity index (χ1n) is 7.93. The minimum absolute atomic E-state index is 0.0268. The zero-order chi connectivity index (χ0) is 19.5. The number of carboxylic acid groups (broad SMARTS) is 1. The van der Waals surface area contributed by atoms with Crippen LogP contribution in [0.1, 0.15) is 40.4 Å². The summed E-state index contributed by atoms with van der Waals surface area (Å²) in [6.07, 6.45) is -1.67. The average Bonchev–Trinajstić information content (AvgIpc) is 3.33. The van der Waals surface area contributed by atoms with Gasteiger partial charge in [0.1, 0.15) is 5.52 Å². The Balaban J connectivity index is 1.88. The van der Waals surface area contributed by atoms with Gasteiger partial charge in [0.2, 0.25) is 0 Å². The molecular weight excluding hydrogens is 387 g/mol. The number of alkyl halides is 3. The quantitative estimate of drug-likeness (QED) is 0.700. The number of aromatic amines is 1. The van der Waals surface area contributed by atoms with Crippen LogP contribution in [0.25, 0.3) is 16.8 Å². The van der Waals surface area contributed by atoms with E-state index in [0.29, 0.717) is 5.56 Å². The number of H-pyrrole nitrogens is 1. The fourth-order valence-corrected chi connectivity index (χ4v) is 3.37. The van der Waals surface area contributed by atoms with E-state index < -0.39 is 28.3 Å². The fourth-order valence-electron chi connectivity index (χ4n) is 3.08. The highest BCUT2D eigenvalue weighted by Crippen LogP contribution is 2.43. The van der Waals surface area contributed by atoms with Crippen LogP contribution in [0, 0.1) is 0 Å². The Hall–Kier alpha value is -2.81. The molecule has 1 aliphatic carbocycles. The van der Waals surface area contributed by atoms with Crippen molar-refractivity contribution >= 4 is 23.1 Å². The highest BCUT2D eigenvalue weighted by atomic mass is 35.5. The van der Waals surface area contributed by atoms with Crippen molar-refractivity contribution in [3.63, 3.8) is 0 Å². The molecule has 0 spiro atoms. The van der Waals surface area contributed by atoms with Gasteiger partial charge >= 0.3 is 12.1 Å². The van der Waals surface area contributed by atoms with E-state index in [1.54, 1.807) is 0 Å². The van der Waals surface area contributed by atoms with Gasteiger partial charge in [-0.1, -0.05) is 17.7 Å². The lowest BCUT2D eigenvalue weighted by Crippen LogP contribution is -2.12. The highest BCUT2D eigenvalue weighted by molar-refractivity contribution is 6.31. The van der Waals surface area contributed by atoms with Gasteiger partial charge < -0.3 is 10.1 Å². The average molecular weight is 398 g/mol. The normalized spacial score (nSPS) is 14.7. The number of carboxylic acids is 1. The summed E-state index contributed by atoms with van der Waals surface area (Å²) in [4.78, 5) is 26.6. The molecule has 0 amide bonds. The Morgan fingerprint density at radius 2 is 2.04 bits per heavy atom. The maximum Gasteiger partial charge on any atom is 0.417 e. The number of rotatable bonds is 3. The number of halogens is 4. The van der Waals surface area contributed by atoms with Gasteiger partial charge in [-0.25, -0.2) is 9.31 Å². The Morgan fingerprint density at radius 1 is 1.33 bits per heavy atom. The summed E-state index contributed by atoms with van der Waals surface area (Å²) in [5.74, 6) is -1.26. The smallest absolute Gasteiger partial charge is 0.417 e. The summed E-state index contributed by atoms with van der Waals surface area (Å²) in [5, 5.41) is 12.8. The van der Waals surface area contributed by atoms with Gasteiger partial charge in [-0.15, -0.1) is 0 Å². The number of nitrogens with one attached hydrogen (secondary N) is 1. The summed E-state index contributed by atoms with van der Waals surface area (Å²) in [5.41, 5.74) is -0.801. The Kier molecular flexibility index (Phi) is 3.81. The molecule has 1 aromatic carbocycles. The summed E-state index contributed by atoms with van der Waals surface area (Å²) in [6.45, 7) is 0. The molecule has 1 aliphatic rings. The molecule has 2 N–H and O–H groups in total. The Labute approximate surface area is 154 Å². The SMILES string of the molecule is O=C(O)c1nn2cc(-c3ccc(C(F)(F)F)c(Cl)c3)[nH]c(=O)c2c1C1CC1. The van der Waals surface area contributed by atoms with Crippen LogP contribution in [0.3, 0.4) is 0 Å². The molecule has 0 bridgehead atoms. The maximum absolute atomic E-state index is 12.8. The van der Waals surface area contributed by atoms with E-state index in [4.69, 9.17) is 11.6 Å². The molecule has 2 aromatic heterocycles. The van der Waals surface area contributed by atoms with Gasteiger partial charge in [-0.3, -0.25) is 4.79 Å². The third-order valence-corrected chi connectivity index (χ3v) is 4.75. The molecule has 2 heterocycles. The second-order valence-corrected chi connectivity index (χ2v) is 6.73. The van der Waals surface area contributed by atoms with Gasteiger partial charge in [0, 0.05) is 11.1 Å². The van der Waals surface area contributed by atoms with Gasteiger partial charge in [0.15, 0.2) is 5.69 Å². The number of fused-ring (bicyclic) bond motifs is 1. The molecule has 6 nitrogen and oxygen atoms in total. The molecule has 1 fully saturated rings. The van der Waals surface area contributed by atoms with E-state index in [1.807, 2.05) is 0 Å². The summed E-state index contributed by atoms with van der Waals surface area (Å²) >= 11 is 5.73. The van der Waals surface area contributed by atoms with Gasteiger partial charge in [0.05, 0.1) is 22.5 Å². The third kappa shape index (κ3) is 2.97. The van der Waals surface area contributed by atoms with Crippen LogP contribution < -0.4 is 5.56 Å². The topological polar surface area (TPSA) is 87.5 Å². The van der Waals surface area contributed by atoms with Gasteiger partial charge in [-0.2, -0.15) is 18.3 Å². The molecule has 0 radical (unpaired) electrons. The van der Waals surface area contributed by atoms with Crippen LogP contribution in [-0.4, -0.2) is 25.7 Å². The van der Waals surface area contributed by atoms with E-state index in [-0.39, 0.29) is 28.4 Å². The highest BCUT2D eigenvalue weighted by Gasteiger charge is 2.35. The molecule has 0 aliphatic heterocycles. The monoisotopic (exact) mass is 397 g/mol. The van der Waals surface area contributed by atoms with Gasteiger partial charge in [-0.05, 0) is 30.9 Å². The summed E-state index contributed by atoms with van der Waals surface area (Å²) in [7, 11) is 0. The zero-order valence-corrected chi connectivity index (χ0v) is 14.2. The molecule has 0 saturated heterocycles. The molecule has 3 aromatic rings. The number of aromatic carboxylic acids is 1. The largest absolute Gasteiger partial charge is 0.476 e. The first-order valence-corrected chi connectivity index (χ1v) is 8.30. The molecule has 4 rings (SSSR count). The molecule has 10 heteroatoms. The lowest BCUT2D eigenvalue weighted by atomic mass is 10.1. The molecule has 1 saturated carbocycles. The van der Waals surface area contributed by atoms with Crippen LogP contribution >= 0.6 is 11.6 Å². The van der Waals surface area contributed by atoms with Crippen molar-refractivity contribution < 1.29 is 23.1 Å². The number of aromatic nitrogens is 3. The third-order valence-electron chi connectivity index (χ3n) is 4.44. The van der Waals surface area contributed by atoms with E-state index >= 15 is 0 Å². The summed E-state index contributed by atoms with van der Waals surface area (Å²) in [6, 6.07) is 3.09. The lowest BCUT2D eigenvalue weighted by Gasteiger charge is -2.10. The summed E-state index contributed by atoms with van der Waals surface area (Å²) < 4.78 is 39.7. The van der Waals surface area contributed by atoms with Crippen molar-refractivity contribution in [2.45, 2.75) is 24.9 Å². The predicted molar refractivity (Wildman–Crippen MR) is 90.2 cm³/mol. The van der Waals surface area contributed by atoms with E-state index in [2.05, 4.69) is 10.1 Å². The molecule has 0 atom stereocenters. The van der Waals surface area contributed by atoms with Crippen molar-refractivity contribution in [3.8, 4) is 11.3 Å². The van der Waals surface area contributed by atoms with Crippen LogP contribution in [-0.2, 0) is 6.18 Å². The second kappa shape index (κ2) is 5.85. The molecule has 140 valence electrons. The standard InChI is InChI=1S/C17H11ClF3N3O3/c18-10-5-8(3-4-9(10)17(19,20)21)11-6-24-14(15(25)22-11)12(7-1-2-7)13(23-24)16(26)27/h3-7H,1-2H2,(H,22,25)(H,26,27). The first kappa shape index (κ1) is 17.6. The number of hydrogen-bond donors (Lipinski definition) is 2. The molecular formula is C17H11ClF3N3O3. The van der Waals surface area contributed by atoms with Crippen LogP contribution in [0.15, 0.2) is 29.2 Å². The van der Waals surface area contributed by atoms with Crippen LogP contribution in [0.4, 0.5) is 13.2 Å². The minimum Gasteiger partial charge on any atom is -0.476 e. The van der Waals surface area contributed by atoms with Crippen molar-refractivity contribution in [2.75, 3.05) is 0 Å². The Morgan fingerprint density at radius 3 is 2.59 bits per heavy atom. The van der Waals surface area contributed by atoms with Crippen LogP contribution in [0.5, 0.6) is 0 Å².